The van der Waals surface area contributed by atoms with Crippen LogP contribution >= 0.6 is 0 Å². The molecule has 1 N–H and O–H groups in total. The van der Waals surface area contributed by atoms with Crippen molar-refractivity contribution in [3.63, 3.8) is 0 Å². The Balaban J connectivity index is 1.37. The Labute approximate surface area is 254 Å². The van der Waals surface area contributed by atoms with Crippen LogP contribution in [0.4, 0.5) is 0 Å². The number of carboxylic acids is 1. The van der Waals surface area contributed by atoms with Crippen molar-refractivity contribution in [2.75, 3.05) is 6.26 Å². The van der Waals surface area contributed by atoms with E-state index in [9.17, 15) is 18.3 Å². The van der Waals surface area contributed by atoms with Gasteiger partial charge in [-0.1, -0.05) is 65.0 Å². The number of benzene rings is 1. The fraction of sp³-hybridized carbons (Fsp3) is 0.703. The largest absolute Gasteiger partial charge is 0.481 e. The van der Waals surface area contributed by atoms with Crippen LogP contribution in [0, 0.1) is 56.7 Å². The molecule has 4 saturated carbocycles. The summed E-state index contributed by atoms with van der Waals surface area (Å²) >= 11 is 0. The van der Waals surface area contributed by atoms with Gasteiger partial charge in [-0.15, -0.1) is 0 Å². The highest BCUT2D eigenvalue weighted by Gasteiger charge is 2.71. The van der Waals surface area contributed by atoms with Crippen LogP contribution in [0.15, 0.2) is 47.4 Å². The van der Waals surface area contributed by atoms with Crippen LogP contribution < -0.4 is 0 Å². The number of allylic oxidation sites excluding steroid dienone is 3. The van der Waals surface area contributed by atoms with E-state index in [1.165, 1.54) is 36.7 Å². The Morgan fingerprint density at radius 3 is 2.14 bits per heavy atom. The Bertz CT molecular complexity index is 1450. The summed E-state index contributed by atoms with van der Waals surface area (Å²) in [5.74, 6) is 1.54. The first-order valence-corrected chi connectivity index (χ1v) is 18.2. The van der Waals surface area contributed by atoms with E-state index in [2.05, 4.69) is 54.2 Å². The van der Waals surface area contributed by atoms with Crippen LogP contribution in [-0.2, 0) is 14.6 Å². The molecule has 0 saturated heterocycles. The van der Waals surface area contributed by atoms with Crippen molar-refractivity contribution in [3.05, 3.63) is 48.1 Å². The molecule has 5 aliphatic rings. The maximum Gasteiger partial charge on any atom is 0.309 e. The average Bonchev–Trinajstić information content (AvgIpc) is 3.30. The van der Waals surface area contributed by atoms with E-state index < -0.39 is 21.2 Å². The molecule has 6 rings (SSSR count). The molecule has 1 aromatic rings. The third-order valence-electron chi connectivity index (χ3n) is 14.7. The second-order valence-corrected chi connectivity index (χ2v) is 18.5. The lowest BCUT2D eigenvalue weighted by atomic mass is 9.32. The second-order valence-electron chi connectivity index (χ2n) is 16.5. The number of fused-ring (bicyclic) bond motifs is 7. The summed E-state index contributed by atoms with van der Waals surface area (Å²) in [7, 11) is -3.22. The van der Waals surface area contributed by atoms with Crippen LogP contribution in [-0.4, -0.2) is 25.7 Å². The summed E-state index contributed by atoms with van der Waals surface area (Å²) in [4.78, 5) is 13.3. The maximum atomic E-state index is 12.9. The fourth-order valence-electron chi connectivity index (χ4n) is 12.5. The molecule has 230 valence electrons. The molecule has 5 heteroatoms. The molecular formula is C37H52O4S. The highest BCUT2D eigenvalue weighted by atomic mass is 32.2. The van der Waals surface area contributed by atoms with Crippen molar-refractivity contribution in [2.24, 2.45) is 56.7 Å². The molecule has 0 aliphatic heterocycles. The standard InChI is InChI=1S/C37H52O4S/c1-23(2)26-15-20-37(32(38)39)22-21-35(6)28(31(26)37)13-14-30-34(5)18-16-27(24-9-11-25(12-10-24)42(8,40)41)33(3,4)29(34)17-19-36(30,35)7/h9-12,16,26,28-31H,1,13-15,17-22H2,2-8H3,(H,38,39)/t26-,28+,29?,30+,31+,34-,35+,36+,37-/m0/s1. The number of hydrogen-bond acceptors (Lipinski definition) is 3. The predicted molar refractivity (Wildman–Crippen MR) is 170 cm³/mol. The number of rotatable bonds is 4. The summed E-state index contributed by atoms with van der Waals surface area (Å²) in [6.07, 6.45) is 13.1. The first kappa shape index (κ1) is 30.2. The van der Waals surface area contributed by atoms with Crippen LogP contribution in [0.25, 0.3) is 5.57 Å². The molecule has 0 spiro atoms. The molecule has 4 fully saturated rings. The van der Waals surface area contributed by atoms with Gasteiger partial charge in [0.15, 0.2) is 9.84 Å². The van der Waals surface area contributed by atoms with Crippen molar-refractivity contribution in [1.82, 2.24) is 0 Å². The topological polar surface area (TPSA) is 71.4 Å². The van der Waals surface area contributed by atoms with Crippen molar-refractivity contribution >= 4 is 21.4 Å². The quantitative estimate of drug-likeness (QED) is 0.355. The summed E-state index contributed by atoms with van der Waals surface area (Å²) in [6.45, 7) is 19.1. The Morgan fingerprint density at radius 2 is 1.55 bits per heavy atom. The fourth-order valence-corrected chi connectivity index (χ4v) is 13.1. The van der Waals surface area contributed by atoms with E-state index in [1.807, 2.05) is 12.1 Å². The van der Waals surface area contributed by atoms with Crippen LogP contribution in [0.2, 0.25) is 0 Å². The minimum atomic E-state index is -3.22. The van der Waals surface area contributed by atoms with Crippen LogP contribution in [0.1, 0.15) is 105 Å². The van der Waals surface area contributed by atoms with Crippen LogP contribution in [0.5, 0.6) is 0 Å². The minimum absolute atomic E-state index is 0.0276. The summed E-state index contributed by atoms with van der Waals surface area (Å²) in [5.41, 5.74) is 3.55. The molecule has 0 bridgehead atoms. The lowest BCUT2D eigenvalue weighted by Gasteiger charge is -2.72. The van der Waals surface area contributed by atoms with E-state index in [0.717, 1.165) is 44.1 Å². The number of aliphatic carboxylic acids is 1. The van der Waals surface area contributed by atoms with Crippen molar-refractivity contribution in [1.29, 1.82) is 0 Å². The lowest BCUT2D eigenvalue weighted by Crippen LogP contribution is -2.65. The van der Waals surface area contributed by atoms with Gasteiger partial charge in [0.05, 0.1) is 10.3 Å². The van der Waals surface area contributed by atoms with E-state index in [0.29, 0.717) is 28.6 Å². The summed E-state index contributed by atoms with van der Waals surface area (Å²) in [5, 5.41) is 10.6. The minimum Gasteiger partial charge on any atom is -0.481 e. The van der Waals surface area contributed by atoms with Gasteiger partial charge in [-0.2, -0.15) is 0 Å². The molecule has 1 aromatic carbocycles. The summed E-state index contributed by atoms with van der Waals surface area (Å²) in [6, 6.07) is 7.53. The molecule has 0 aromatic heterocycles. The van der Waals surface area contributed by atoms with Gasteiger partial charge in [0.1, 0.15) is 0 Å². The third kappa shape index (κ3) is 3.83. The van der Waals surface area contributed by atoms with Gasteiger partial charge in [0.2, 0.25) is 0 Å². The van der Waals surface area contributed by atoms with Gasteiger partial charge in [-0.3, -0.25) is 4.79 Å². The molecule has 9 atom stereocenters. The normalized spacial score (nSPS) is 44.2. The molecule has 42 heavy (non-hydrogen) atoms. The third-order valence-corrected chi connectivity index (χ3v) is 15.8. The van der Waals surface area contributed by atoms with Crippen LogP contribution in [0.3, 0.4) is 0 Å². The Morgan fingerprint density at radius 1 is 0.881 bits per heavy atom. The molecule has 0 amide bonds. The van der Waals surface area contributed by atoms with E-state index in [1.54, 1.807) is 12.1 Å². The molecule has 0 radical (unpaired) electrons. The van der Waals surface area contributed by atoms with Gasteiger partial charge in [-0.25, -0.2) is 8.42 Å². The van der Waals surface area contributed by atoms with Crippen molar-refractivity contribution < 1.29 is 18.3 Å². The Hall–Kier alpha value is -1.88. The van der Waals surface area contributed by atoms with Crippen molar-refractivity contribution in [2.45, 2.75) is 104 Å². The number of carboxylic acid groups (broad SMARTS) is 1. The lowest BCUT2D eigenvalue weighted by molar-refractivity contribution is -0.227. The number of carbonyl (C=O) groups is 1. The number of sulfone groups is 1. The first-order valence-electron chi connectivity index (χ1n) is 16.3. The smallest absolute Gasteiger partial charge is 0.309 e. The predicted octanol–water partition coefficient (Wildman–Crippen LogP) is 8.83. The van der Waals surface area contributed by atoms with Gasteiger partial charge < -0.3 is 5.11 Å². The second kappa shape index (κ2) is 9.31. The van der Waals surface area contributed by atoms with Gasteiger partial charge in [-0.05, 0) is 139 Å². The van der Waals surface area contributed by atoms with E-state index >= 15 is 0 Å². The SMILES string of the molecule is C=C(C)[C@@H]1CC[C@]2(C(=O)O)CC[C@]3(C)[C@H](CC[C@@H]4[C@@]5(C)CC=C(c6ccc(S(C)(=O)=O)cc6)C(C)(C)C5CC[C@]43C)[C@@H]12. The summed E-state index contributed by atoms with van der Waals surface area (Å²) < 4.78 is 24.2. The molecule has 4 nitrogen and oxygen atoms in total. The monoisotopic (exact) mass is 592 g/mol. The first-order chi connectivity index (χ1) is 19.4. The highest BCUT2D eigenvalue weighted by molar-refractivity contribution is 7.90. The Kier molecular flexibility index (Phi) is 6.69. The molecular weight excluding hydrogens is 540 g/mol. The average molecular weight is 593 g/mol. The highest BCUT2D eigenvalue weighted by Crippen LogP contribution is 2.77. The molecule has 5 aliphatic carbocycles. The van der Waals surface area contributed by atoms with Gasteiger partial charge in [0.25, 0.3) is 0 Å². The zero-order chi connectivity index (χ0) is 30.7. The van der Waals surface area contributed by atoms with E-state index in [4.69, 9.17) is 0 Å². The van der Waals surface area contributed by atoms with Gasteiger partial charge >= 0.3 is 5.97 Å². The zero-order valence-electron chi connectivity index (χ0n) is 26.9. The zero-order valence-corrected chi connectivity index (χ0v) is 27.7. The van der Waals surface area contributed by atoms with Crippen molar-refractivity contribution in [3.8, 4) is 0 Å². The van der Waals surface area contributed by atoms with E-state index in [-0.39, 0.29) is 27.6 Å². The van der Waals surface area contributed by atoms with Gasteiger partial charge in [0, 0.05) is 6.26 Å². The number of hydrogen-bond donors (Lipinski definition) is 1. The maximum absolute atomic E-state index is 12.9. The molecule has 1 unspecified atom stereocenters. The molecule has 0 heterocycles.